The van der Waals surface area contributed by atoms with Crippen molar-refractivity contribution < 1.29 is 4.39 Å². The molecule has 1 aromatic carbocycles. The van der Waals surface area contributed by atoms with Gasteiger partial charge in [-0.2, -0.15) is 0 Å². The van der Waals surface area contributed by atoms with Gasteiger partial charge in [-0.25, -0.2) is 4.39 Å². The molecule has 0 saturated heterocycles. The maximum Gasteiger partial charge on any atom is 0.123 e. The predicted molar refractivity (Wildman–Crippen MR) is 76.1 cm³/mol. The van der Waals surface area contributed by atoms with Gasteiger partial charge >= 0.3 is 0 Å². The summed E-state index contributed by atoms with van der Waals surface area (Å²) in [5, 5.41) is 0. The molecule has 0 spiro atoms. The number of benzene rings is 1. The first-order chi connectivity index (χ1) is 8.47. The fourth-order valence-electron chi connectivity index (χ4n) is 1.81. The van der Waals surface area contributed by atoms with Crippen LogP contribution in [0.4, 0.5) is 4.39 Å². The molecule has 0 saturated carbocycles. The number of halogens is 3. The Morgan fingerprint density at radius 1 is 1.33 bits per heavy atom. The standard InChI is InChI=1S/C13H12Cl2FNS/c1-7-2-3-9(16)4-8(7)5-11(17)10-6-12(14)18-13(10)15/h2-4,6,11H,5,17H2,1H3. The smallest absolute Gasteiger partial charge is 0.123 e. The normalized spacial score (nSPS) is 12.7. The summed E-state index contributed by atoms with van der Waals surface area (Å²) in [4.78, 5) is 0. The lowest BCUT2D eigenvalue weighted by molar-refractivity contribution is 0.621. The summed E-state index contributed by atoms with van der Waals surface area (Å²) in [6.45, 7) is 1.93. The van der Waals surface area contributed by atoms with Crippen molar-refractivity contribution in [3.63, 3.8) is 0 Å². The largest absolute Gasteiger partial charge is 0.324 e. The summed E-state index contributed by atoms with van der Waals surface area (Å²) in [5.41, 5.74) is 8.82. The summed E-state index contributed by atoms with van der Waals surface area (Å²) < 4.78 is 14.4. The number of thiophene rings is 1. The summed E-state index contributed by atoms with van der Waals surface area (Å²) in [6, 6.07) is 6.20. The van der Waals surface area contributed by atoms with Crippen molar-refractivity contribution >= 4 is 34.5 Å². The predicted octanol–water partition coefficient (Wildman–Crippen LogP) is 4.74. The first kappa shape index (κ1) is 13.8. The average molecular weight is 304 g/mol. The lowest BCUT2D eigenvalue weighted by Gasteiger charge is -2.13. The van der Waals surface area contributed by atoms with Gasteiger partial charge in [0.05, 0.1) is 8.67 Å². The van der Waals surface area contributed by atoms with E-state index >= 15 is 0 Å². The van der Waals surface area contributed by atoms with E-state index in [1.807, 2.05) is 6.92 Å². The molecule has 2 aromatic rings. The van der Waals surface area contributed by atoms with E-state index < -0.39 is 0 Å². The van der Waals surface area contributed by atoms with E-state index in [0.29, 0.717) is 15.1 Å². The van der Waals surface area contributed by atoms with Crippen LogP contribution in [0.5, 0.6) is 0 Å². The molecule has 0 radical (unpaired) electrons. The van der Waals surface area contributed by atoms with Gasteiger partial charge in [-0.05, 0) is 42.7 Å². The highest BCUT2D eigenvalue weighted by molar-refractivity contribution is 7.20. The molecular weight excluding hydrogens is 292 g/mol. The maximum atomic E-state index is 13.2. The van der Waals surface area contributed by atoms with Gasteiger partial charge in [0, 0.05) is 11.6 Å². The maximum absolute atomic E-state index is 13.2. The molecule has 18 heavy (non-hydrogen) atoms. The van der Waals surface area contributed by atoms with Gasteiger partial charge in [-0.1, -0.05) is 29.3 Å². The van der Waals surface area contributed by atoms with Crippen molar-refractivity contribution in [1.82, 2.24) is 0 Å². The minimum absolute atomic E-state index is 0.253. The van der Waals surface area contributed by atoms with Crippen molar-refractivity contribution in [1.29, 1.82) is 0 Å². The van der Waals surface area contributed by atoms with Gasteiger partial charge in [0.25, 0.3) is 0 Å². The number of hydrogen-bond donors (Lipinski definition) is 1. The summed E-state index contributed by atoms with van der Waals surface area (Å²) in [7, 11) is 0. The van der Waals surface area contributed by atoms with Crippen molar-refractivity contribution in [2.24, 2.45) is 5.73 Å². The van der Waals surface area contributed by atoms with Gasteiger partial charge in [0.2, 0.25) is 0 Å². The zero-order valence-corrected chi connectivity index (χ0v) is 12.0. The van der Waals surface area contributed by atoms with Crippen LogP contribution >= 0.6 is 34.5 Å². The topological polar surface area (TPSA) is 26.0 Å². The van der Waals surface area contributed by atoms with E-state index in [9.17, 15) is 4.39 Å². The first-order valence-electron chi connectivity index (χ1n) is 5.42. The highest BCUT2D eigenvalue weighted by Gasteiger charge is 2.15. The lowest BCUT2D eigenvalue weighted by atomic mass is 9.98. The Morgan fingerprint density at radius 3 is 2.67 bits per heavy atom. The zero-order chi connectivity index (χ0) is 13.3. The van der Waals surface area contributed by atoms with Crippen LogP contribution in [0.3, 0.4) is 0 Å². The van der Waals surface area contributed by atoms with Gasteiger partial charge in [-0.15, -0.1) is 11.3 Å². The van der Waals surface area contributed by atoms with Crippen LogP contribution in [-0.2, 0) is 6.42 Å². The summed E-state index contributed by atoms with van der Waals surface area (Å²) in [6.07, 6.45) is 0.538. The average Bonchev–Trinajstić information content (AvgIpc) is 2.63. The quantitative estimate of drug-likeness (QED) is 0.870. The molecule has 0 fully saturated rings. The molecular formula is C13H12Cl2FNS. The molecule has 0 amide bonds. The van der Waals surface area contributed by atoms with Crippen molar-refractivity contribution in [2.45, 2.75) is 19.4 Å². The van der Waals surface area contributed by atoms with E-state index in [0.717, 1.165) is 16.7 Å². The van der Waals surface area contributed by atoms with E-state index in [2.05, 4.69) is 0 Å². The third-order valence-electron chi connectivity index (χ3n) is 2.83. The Kier molecular flexibility index (Phi) is 4.28. The van der Waals surface area contributed by atoms with Gasteiger partial charge in [-0.3, -0.25) is 0 Å². The van der Waals surface area contributed by atoms with Crippen molar-refractivity contribution in [3.8, 4) is 0 Å². The Morgan fingerprint density at radius 2 is 2.06 bits per heavy atom. The molecule has 1 aromatic heterocycles. The molecule has 2 N–H and O–H groups in total. The van der Waals surface area contributed by atoms with Crippen LogP contribution in [0, 0.1) is 12.7 Å². The molecule has 1 nitrogen and oxygen atoms in total. The van der Waals surface area contributed by atoms with E-state index in [1.165, 1.54) is 23.5 Å². The van der Waals surface area contributed by atoms with Crippen LogP contribution in [0.15, 0.2) is 24.3 Å². The number of aryl methyl sites for hydroxylation is 1. The second-order valence-corrected chi connectivity index (χ2v) is 6.45. The van der Waals surface area contributed by atoms with Crippen LogP contribution in [-0.4, -0.2) is 0 Å². The van der Waals surface area contributed by atoms with E-state index in [4.69, 9.17) is 28.9 Å². The minimum Gasteiger partial charge on any atom is -0.324 e. The van der Waals surface area contributed by atoms with Gasteiger partial charge < -0.3 is 5.73 Å². The summed E-state index contributed by atoms with van der Waals surface area (Å²) >= 11 is 13.2. The number of nitrogens with two attached hydrogens (primary N) is 1. The molecule has 1 atom stereocenters. The second-order valence-electron chi connectivity index (χ2n) is 4.16. The number of hydrogen-bond acceptors (Lipinski definition) is 2. The zero-order valence-electron chi connectivity index (χ0n) is 9.71. The fourth-order valence-corrected chi connectivity index (χ4v) is 3.41. The highest BCUT2D eigenvalue weighted by Crippen LogP contribution is 2.35. The van der Waals surface area contributed by atoms with Crippen molar-refractivity contribution in [3.05, 3.63) is 55.4 Å². The molecule has 96 valence electrons. The molecule has 0 aliphatic heterocycles. The minimum atomic E-state index is -0.276. The molecule has 2 rings (SSSR count). The SMILES string of the molecule is Cc1ccc(F)cc1CC(N)c1cc(Cl)sc1Cl. The number of rotatable bonds is 3. The Bertz CT molecular complexity index is 568. The molecule has 1 heterocycles. The van der Waals surface area contributed by atoms with Crippen LogP contribution < -0.4 is 5.73 Å². The lowest BCUT2D eigenvalue weighted by Crippen LogP contribution is -2.13. The third kappa shape index (κ3) is 3.04. The van der Waals surface area contributed by atoms with Crippen LogP contribution in [0.25, 0.3) is 0 Å². The third-order valence-corrected chi connectivity index (χ3v) is 4.35. The van der Waals surface area contributed by atoms with Gasteiger partial charge in [0.1, 0.15) is 5.82 Å². The molecule has 0 aliphatic rings. The Hall–Kier alpha value is -0.610. The van der Waals surface area contributed by atoms with E-state index in [-0.39, 0.29) is 11.9 Å². The monoisotopic (exact) mass is 303 g/mol. The molecule has 0 aliphatic carbocycles. The van der Waals surface area contributed by atoms with Crippen molar-refractivity contribution in [2.75, 3.05) is 0 Å². The second kappa shape index (κ2) is 5.57. The molecule has 5 heteroatoms. The fraction of sp³-hybridized carbons (Fsp3) is 0.231. The Labute approximate surface area is 119 Å². The summed E-state index contributed by atoms with van der Waals surface area (Å²) in [5.74, 6) is -0.253. The molecule has 0 bridgehead atoms. The molecule has 1 unspecified atom stereocenters. The van der Waals surface area contributed by atoms with Crippen LogP contribution in [0.1, 0.15) is 22.7 Å². The first-order valence-corrected chi connectivity index (χ1v) is 7.00. The van der Waals surface area contributed by atoms with E-state index in [1.54, 1.807) is 12.1 Å². The van der Waals surface area contributed by atoms with Crippen LogP contribution in [0.2, 0.25) is 8.67 Å². The highest BCUT2D eigenvalue weighted by atomic mass is 35.5. The van der Waals surface area contributed by atoms with Gasteiger partial charge in [0.15, 0.2) is 0 Å². The Balaban J connectivity index is 2.23.